The Balaban J connectivity index is 2.33. The standard InChI is InChI=1S/C13H18N2O2/c1-3-15-12-7-5-4-6-11(12)14-13(15)8-10(16)9-17-2/h4-7,10,16H,3,8-9H2,1-2H3. The van der Waals surface area contributed by atoms with Crippen molar-refractivity contribution < 1.29 is 9.84 Å². The van der Waals surface area contributed by atoms with Crippen molar-refractivity contribution in [1.29, 1.82) is 0 Å². The summed E-state index contributed by atoms with van der Waals surface area (Å²) in [6.45, 7) is 3.28. The van der Waals surface area contributed by atoms with E-state index in [2.05, 4.69) is 22.5 Å². The van der Waals surface area contributed by atoms with E-state index in [9.17, 15) is 5.11 Å². The summed E-state index contributed by atoms with van der Waals surface area (Å²) in [5, 5.41) is 9.77. The van der Waals surface area contributed by atoms with Crippen molar-refractivity contribution in [1.82, 2.24) is 9.55 Å². The number of hydrogen-bond acceptors (Lipinski definition) is 3. The Morgan fingerprint density at radius 1 is 1.41 bits per heavy atom. The van der Waals surface area contributed by atoms with E-state index in [1.165, 1.54) is 0 Å². The molecule has 92 valence electrons. The monoisotopic (exact) mass is 234 g/mol. The van der Waals surface area contributed by atoms with Crippen LogP contribution in [0.5, 0.6) is 0 Å². The van der Waals surface area contributed by atoms with Crippen LogP contribution in [0, 0.1) is 0 Å². The lowest BCUT2D eigenvalue weighted by molar-refractivity contribution is 0.0633. The first-order valence-electron chi connectivity index (χ1n) is 5.87. The lowest BCUT2D eigenvalue weighted by Crippen LogP contribution is -2.19. The van der Waals surface area contributed by atoms with Gasteiger partial charge in [-0.1, -0.05) is 12.1 Å². The Bertz CT molecular complexity index is 493. The highest BCUT2D eigenvalue weighted by atomic mass is 16.5. The van der Waals surface area contributed by atoms with Gasteiger partial charge in [0.05, 0.1) is 23.7 Å². The maximum absolute atomic E-state index is 9.77. The molecule has 0 aliphatic rings. The molecule has 0 aliphatic carbocycles. The Labute approximate surface area is 101 Å². The number of aromatic nitrogens is 2. The van der Waals surface area contributed by atoms with E-state index in [4.69, 9.17) is 4.74 Å². The fraction of sp³-hybridized carbons (Fsp3) is 0.462. The van der Waals surface area contributed by atoms with Crippen LogP contribution < -0.4 is 0 Å². The number of imidazole rings is 1. The van der Waals surface area contributed by atoms with Gasteiger partial charge in [0, 0.05) is 20.1 Å². The van der Waals surface area contributed by atoms with Gasteiger partial charge in [-0.2, -0.15) is 0 Å². The van der Waals surface area contributed by atoms with Crippen LogP contribution in [0.1, 0.15) is 12.7 Å². The van der Waals surface area contributed by atoms with E-state index in [-0.39, 0.29) is 0 Å². The van der Waals surface area contributed by atoms with Crippen LogP contribution in [0.25, 0.3) is 11.0 Å². The first-order chi connectivity index (χ1) is 8.26. The zero-order chi connectivity index (χ0) is 12.3. The second-order valence-corrected chi connectivity index (χ2v) is 4.07. The predicted molar refractivity (Wildman–Crippen MR) is 67.0 cm³/mol. The summed E-state index contributed by atoms with van der Waals surface area (Å²) in [5.74, 6) is 0.915. The normalized spacial score (nSPS) is 13.1. The van der Waals surface area contributed by atoms with E-state index in [0.29, 0.717) is 13.0 Å². The zero-order valence-electron chi connectivity index (χ0n) is 10.3. The fourth-order valence-electron chi connectivity index (χ4n) is 2.10. The fourth-order valence-corrected chi connectivity index (χ4v) is 2.10. The van der Waals surface area contributed by atoms with E-state index < -0.39 is 6.10 Å². The highest BCUT2D eigenvalue weighted by Crippen LogP contribution is 2.16. The molecular formula is C13H18N2O2. The number of hydrogen-bond donors (Lipinski definition) is 1. The van der Waals surface area contributed by atoms with E-state index in [0.717, 1.165) is 23.4 Å². The van der Waals surface area contributed by atoms with Crippen molar-refractivity contribution in [3.8, 4) is 0 Å². The second-order valence-electron chi connectivity index (χ2n) is 4.07. The minimum absolute atomic E-state index is 0.340. The molecule has 2 rings (SSSR count). The van der Waals surface area contributed by atoms with Gasteiger partial charge in [0.2, 0.25) is 0 Å². The number of methoxy groups -OCH3 is 1. The van der Waals surface area contributed by atoms with Gasteiger partial charge in [-0.25, -0.2) is 4.98 Å². The van der Waals surface area contributed by atoms with Crippen LogP contribution in [0.3, 0.4) is 0 Å². The summed E-state index contributed by atoms with van der Waals surface area (Å²) in [6, 6.07) is 8.03. The van der Waals surface area contributed by atoms with Crippen molar-refractivity contribution >= 4 is 11.0 Å². The molecule has 1 aromatic heterocycles. The number of para-hydroxylation sites is 2. The zero-order valence-corrected chi connectivity index (χ0v) is 10.3. The molecule has 0 saturated heterocycles. The third kappa shape index (κ3) is 2.48. The van der Waals surface area contributed by atoms with Gasteiger partial charge in [0.25, 0.3) is 0 Å². The van der Waals surface area contributed by atoms with Crippen LogP contribution >= 0.6 is 0 Å². The van der Waals surface area contributed by atoms with Crippen LogP contribution in [0.15, 0.2) is 24.3 Å². The topological polar surface area (TPSA) is 47.3 Å². The smallest absolute Gasteiger partial charge is 0.112 e. The van der Waals surface area contributed by atoms with Gasteiger partial charge in [-0.15, -0.1) is 0 Å². The first kappa shape index (κ1) is 12.1. The molecule has 1 heterocycles. The predicted octanol–water partition coefficient (Wildman–Crippen LogP) is 1.61. The summed E-state index contributed by atoms with van der Waals surface area (Å²) < 4.78 is 7.07. The lowest BCUT2D eigenvalue weighted by Gasteiger charge is -2.10. The molecule has 0 radical (unpaired) electrons. The summed E-state index contributed by atoms with van der Waals surface area (Å²) >= 11 is 0. The highest BCUT2D eigenvalue weighted by Gasteiger charge is 2.13. The van der Waals surface area contributed by atoms with Gasteiger partial charge in [-0.05, 0) is 19.1 Å². The second kappa shape index (κ2) is 5.29. The van der Waals surface area contributed by atoms with Gasteiger partial charge in [-0.3, -0.25) is 0 Å². The molecule has 4 heteroatoms. The number of rotatable bonds is 5. The van der Waals surface area contributed by atoms with E-state index in [1.807, 2.05) is 18.2 Å². The molecule has 4 nitrogen and oxygen atoms in total. The molecule has 0 spiro atoms. The molecular weight excluding hydrogens is 216 g/mol. The molecule has 1 aromatic carbocycles. The molecule has 1 atom stereocenters. The maximum Gasteiger partial charge on any atom is 0.112 e. The number of aliphatic hydroxyl groups is 1. The molecule has 0 fully saturated rings. The minimum Gasteiger partial charge on any atom is -0.390 e. The van der Waals surface area contributed by atoms with Crippen molar-refractivity contribution in [2.45, 2.75) is 26.0 Å². The number of aliphatic hydroxyl groups excluding tert-OH is 1. The van der Waals surface area contributed by atoms with Gasteiger partial charge < -0.3 is 14.4 Å². The number of nitrogens with zero attached hydrogens (tertiary/aromatic N) is 2. The highest BCUT2D eigenvalue weighted by molar-refractivity contribution is 5.75. The van der Waals surface area contributed by atoms with Crippen LogP contribution in [0.4, 0.5) is 0 Å². The van der Waals surface area contributed by atoms with Crippen molar-refractivity contribution in [3.63, 3.8) is 0 Å². The molecule has 0 aliphatic heterocycles. The van der Waals surface area contributed by atoms with Gasteiger partial charge in [0.1, 0.15) is 5.82 Å². The largest absolute Gasteiger partial charge is 0.390 e. The number of ether oxygens (including phenoxy) is 1. The number of fused-ring (bicyclic) bond motifs is 1. The van der Waals surface area contributed by atoms with E-state index >= 15 is 0 Å². The van der Waals surface area contributed by atoms with Crippen LogP contribution in [0.2, 0.25) is 0 Å². The third-order valence-corrected chi connectivity index (χ3v) is 2.83. The lowest BCUT2D eigenvalue weighted by atomic mass is 10.2. The van der Waals surface area contributed by atoms with E-state index in [1.54, 1.807) is 7.11 Å². The minimum atomic E-state index is -0.498. The number of benzene rings is 1. The van der Waals surface area contributed by atoms with Crippen LogP contribution in [-0.4, -0.2) is 34.5 Å². The Morgan fingerprint density at radius 3 is 2.88 bits per heavy atom. The molecule has 1 unspecified atom stereocenters. The van der Waals surface area contributed by atoms with Crippen molar-refractivity contribution in [3.05, 3.63) is 30.1 Å². The van der Waals surface area contributed by atoms with Gasteiger partial charge >= 0.3 is 0 Å². The average Bonchev–Trinajstić information content (AvgIpc) is 2.66. The van der Waals surface area contributed by atoms with Gasteiger partial charge in [0.15, 0.2) is 0 Å². The quantitative estimate of drug-likeness (QED) is 0.855. The molecule has 0 amide bonds. The number of aryl methyl sites for hydroxylation is 1. The third-order valence-electron chi connectivity index (χ3n) is 2.83. The Hall–Kier alpha value is -1.39. The molecule has 17 heavy (non-hydrogen) atoms. The summed E-state index contributed by atoms with van der Waals surface area (Å²) in [6.07, 6.45) is 0.0261. The first-order valence-corrected chi connectivity index (χ1v) is 5.87. The van der Waals surface area contributed by atoms with Crippen molar-refractivity contribution in [2.75, 3.05) is 13.7 Å². The Kier molecular flexibility index (Phi) is 3.76. The summed E-state index contributed by atoms with van der Waals surface area (Å²) in [4.78, 5) is 4.55. The summed E-state index contributed by atoms with van der Waals surface area (Å²) in [7, 11) is 1.59. The van der Waals surface area contributed by atoms with Crippen molar-refractivity contribution in [2.24, 2.45) is 0 Å². The molecule has 0 saturated carbocycles. The SMILES string of the molecule is CCn1c(CC(O)COC)nc2ccccc21. The molecule has 0 bridgehead atoms. The Morgan fingerprint density at radius 2 is 2.18 bits per heavy atom. The molecule has 2 aromatic rings. The molecule has 1 N–H and O–H groups in total. The summed E-state index contributed by atoms with van der Waals surface area (Å²) in [5.41, 5.74) is 2.10. The average molecular weight is 234 g/mol. The maximum atomic E-state index is 9.77. The van der Waals surface area contributed by atoms with Crippen LogP contribution in [-0.2, 0) is 17.7 Å².